The van der Waals surface area contributed by atoms with Crippen LogP contribution in [0.15, 0.2) is 23.5 Å². The molecule has 2 bridgehead atoms. The standard InChI is InChI=1S/C34H46O17/c1-12(31(3,4)45)7-18(36)51-24-26-33-11-47-34(26,30(44)46-6)27(42)23(41)25(33)32(5)9-15(19(37)13(2)14(32)8-17(33)50-28(24)43)48-29-22(40)21(39)20(38)16(10-35)49-29/h7,9,13-14,16-17,20-27,29,35,38-42,45H,8,10-11H2,1-6H3/b12-7+/t13-,14-,16+,17+,20-,21-,22+,23+,24+,25+,26+,27-,29+,32-,33+,34-/m0/s1. The van der Waals surface area contributed by atoms with Crippen molar-refractivity contribution in [2.75, 3.05) is 20.3 Å². The van der Waals surface area contributed by atoms with E-state index in [1.54, 1.807) is 13.8 Å². The molecule has 0 aromatic carbocycles. The van der Waals surface area contributed by atoms with Gasteiger partial charge in [-0.25, -0.2) is 14.4 Å². The van der Waals surface area contributed by atoms with Gasteiger partial charge in [0.05, 0.1) is 37.9 Å². The van der Waals surface area contributed by atoms with E-state index >= 15 is 0 Å². The van der Waals surface area contributed by atoms with Crippen LogP contribution in [0, 0.1) is 34.5 Å². The lowest BCUT2D eigenvalue weighted by Crippen LogP contribution is -2.79. The Kier molecular flexibility index (Phi) is 9.29. The zero-order valence-corrected chi connectivity index (χ0v) is 29.0. The van der Waals surface area contributed by atoms with Gasteiger partial charge in [0.1, 0.15) is 36.6 Å². The van der Waals surface area contributed by atoms with E-state index < -0.39 is 131 Å². The second-order valence-electron chi connectivity index (χ2n) is 15.4. The molecule has 0 radical (unpaired) electrons. The Morgan fingerprint density at radius 1 is 1.06 bits per heavy atom. The van der Waals surface area contributed by atoms with Crippen molar-refractivity contribution >= 4 is 23.7 Å². The van der Waals surface area contributed by atoms with E-state index in [1.807, 2.05) is 0 Å². The van der Waals surface area contributed by atoms with Gasteiger partial charge in [0.25, 0.3) is 0 Å². The predicted octanol–water partition coefficient (Wildman–Crippen LogP) is -2.62. The van der Waals surface area contributed by atoms with Crippen molar-refractivity contribution in [3.63, 3.8) is 0 Å². The summed E-state index contributed by atoms with van der Waals surface area (Å²) in [6.45, 7) is 6.50. The third-order valence-electron chi connectivity index (χ3n) is 12.5. The van der Waals surface area contributed by atoms with Gasteiger partial charge in [-0.2, -0.15) is 0 Å². The monoisotopic (exact) mass is 726 g/mol. The van der Waals surface area contributed by atoms with Crippen LogP contribution in [0.25, 0.3) is 0 Å². The summed E-state index contributed by atoms with van der Waals surface area (Å²) in [4.78, 5) is 54.5. The highest BCUT2D eigenvalue weighted by Gasteiger charge is 2.85. The number of carbonyl (C=O) groups is 4. The van der Waals surface area contributed by atoms with Crippen molar-refractivity contribution in [1.82, 2.24) is 0 Å². The summed E-state index contributed by atoms with van der Waals surface area (Å²) in [5.41, 5.74) is -6.49. The third-order valence-corrected chi connectivity index (χ3v) is 12.5. The fourth-order valence-electron chi connectivity index (χ4n) is 9.69. The molecule has 17 nitrogen and oxygen atoms in total. The van der Waals surface area contributed by atoms with Crippen LogP contribution in [0.3, 0.4) is 0 Å². The molecule has 1 spiro atoms. The first-order chi connectivity index (χ1) is 23.7. The Morgan fingerprint density at radius 3 is 2.33 bits per heavy atom. The molecule has 17 heteroatoms. The number of ketones is 1. The Morgan fingerprint density at radius 2 is 1.73 bits per heavy atom. The Hall–Kier alpha value is -3.00. The van der Waals surface area contributed by atoms with Crippen LogP contribution in [0.2, 0.25) is 0 Å². The quantitative estimate of drug-likeness (QED) is 0.0804. The van der Waals surface area contributed by atoms with Crippen molar-refractivity contribution in [2.24, 2.45) is 34.5 Å². The molecule has 284 valence electrons. The van der Waals surface area contributed by atoms with E-state index in [4.69, 9.17) is 28.4 Å². The first-order valence-electron chi connectivity index (χ1n) is 16.9. The molecular weight excluding hydrogens is 680 g/mol. The average Bonchev–Trinajstić information content (AvgIpc) is 3.37. The van der Waals surface area contributed by atoms with Crippen molar-refractivity contribution < 1.29 is 83.3 Å². The molecule has 6 rings (SSSR count). The summed E-state index contributed by atoms with van der Waals surface area (Å²) >= 11 is 0. The number of allylic oxidation sites excluding steroid dienone is 2. The summed E-state index contributed by atoms with van der Waals surface area (Å²) in [5, 5.41) is 75.2. The normalized spacial score (nSPS) is 47.7. The first-order valence-corrected chi connectivity index (χ1v) is 16.9. The number of fused-ring (bicyclic) bond motifs is 2. The van der Waals surface area contributed by atoms with Crippen LogP contribution < -0.4 is 0 Å². The number of hydrogen-bond acceptors (Lipinski definition) is 17. The Balaban J connectivity index is 1.47. The van der Waals surface area contributed by atoms with Crippen molar-refractivity contribution in [1.29, 1.82) is 0 Å². The molecule has 51 heavy (non-hydrogen) atoms. The summed E-state index contributed by atoms with van der Waals surface area (Å²) in [7, 11) is 1.03. The van der Waals surface area contributed by atoms with E-state index in [1.165, 1.54) is 26.8 Å². The molecule has 7 N–H and O–H groups in total. The summed E-state index contributed by atoms with van der Waals surface area (Å²) in [6, 6.07) is 0. The van der Waals surface area contributed by atoms with E-state index in [0.29, 0.717) is 0 Å². The second kappa shape index (κ2) is 12.6. The maximum atomic E-state index is 13.8. The lowest BCUT2D eigenvalue weighted by Gasteiger charge is -2.67. The van der Waals surface area contributed by atoms with Crippen LogP contribution in [0.4, 0.5) is 0 Å². The molecule has 5 fully saturated rings. The van der Waals surface area contributed by atoms with Gasteiger partial charge in [-0.05, 0) is 50.2 Å². The average molecular weight is 727 g/mol. The van der Waals surface area contributed by atoms with E-state index in [9.17, 15) is 54.9 Å². The van der Waals surface area contributed by atoms with Gasteiger partial charge in [-0.3, -0.25) is 4.79 Å². The number of methoxy groups -OCH3 is 1. The molecule has 3 saturated heterocycles. The molecule has 3 aliphatic carbocycles. The largest absolute Gasteiger partial charge is 0.467 e. The minimum atomic E-state index is -2.40. The highest BCUT2D eigenvalue weighted by Crippen LogP contribution is 2.72. The lowest BCUT2D eigenvalue weighted by atomic mass is 9.38. The third kappa shape index (κ3) is 5.22. The zero-order chi connectivity index (χ0) is 37.7. The molecule has 3 aliphatic heterocycles. The number of aliphatic hydroxyl groups is 7. The number of esters is 3. The summed E-state index contributed by atoms with van der Waals surface area (Å²) in [6.07, 6.45) is -12.8. The maximum Gasteiger partial charge on any atom is 0.348 e. The number of rotatable bonds is 7. The van der Waals surface area contributed by atoms with E-state index in [2.05, 4.69) is 0 Å². The second-order valence-corrected chi connectivity index (χ2v) is 15.4. The molecule has 16 atom stereocenters. The van der Waals surface area contributed by atoms with Gasteiger partial charge in [0, 0.05) is 23.3 Å². The number of ether oxygens (including phenoxy) is 6. The lowest BCUT2D eigenvalue weighted by molar-refractivity contribution is -0.296. The summed E-state index contributed by atoms with van der Waals surface area (Å²) < 4.78 is 34.2. The van der Waals surface area contributed by atoms with Gasteiger partial charge in [0.2, 0.25) is 18.0 Å². The van der Waals surface area contributed by atoms with E-state index in [-0.39, 0.29) is 24.4 Å². The SMILES string of the molecule is COC(=O)[C@@]12OC[C@]34[C@H]([C@@H](O)[C@@H]1O)[C@@]1(C)C=C(O[C@@H]5O[C@H](CO)[C@H](O)[C@H](O)[C@H]5O)C(=O)[C@@H](C)[C@@H]1C[C@H]3OC(=O)[C@H](OC(=O)/C=C(\C)C(C)(C)O)[C@@H]24. The molecule has 0 aromatic rings. The van der Waals surface area contributed by atoms with Crippen molar-refractivity contribution in [2.45, 2.75) is 107 Å². The molecule has 0 unspecified atom stereocenters. The number of Topliss-reactive ketones (excluding diaryl/α,β-unsaturated/α-hetero) is 1. The van der Waals surface area contributed by atoms with Gasteiger partial charge < -0.3 is 64.2 Å². The van der Waals surface area contributed by atoms with Crippen LogP contribution in [-0.2, 0) is 47.6 Å². The number of aliphatic hydroxyl groups excluding tert-OH is 6. The van der Waals surface area contributed by atoms with Gasteiger partial charge in [-0.1, -0.05) is 13.8 Å². The number of carbonyl (C=O) groups excluding carboxylic acids is 4. The molecule has 0 aromatic heterocycles. The fraction of sp³-hybridized carbons (Fsp3) is 0.765. The van der Waals surface area contributed by atoms with Crippen LogP contribution in [0.1, 0.15) is 41.0 Å². The highest BCUT2D eigenvalue weighted by atomic mass is 16.7. The maximum absolute atomic E-state index is 13.8. The minimum absolute atomic E-state index is 0.00772. The van der Waals surface area contributed by atoms with Gasteiger partial charge >= 0.3 is 17.9 Å². The summed E-state index contributed by atoms with van der Waals surface area (Å²) in [5.74, 6) is -8.35. The molecule has 0 amide bonds. The van der Waals surface area contributed by atoms with Crippen molar-refractivity contribution in [3.05, 3.63) is 23.5 Å². The van der Waals surface area contributed by atoms with Crippen LogP contribution >= 0.6 is 0 Å². The molecular formula is C34H46O17. The Labute approximate surface area is 292 Å². The van der Waals surface area contributed by atoms with E-state index in [0.717, 1.165) is 13.2 Å². The Bertz CT molecular complexity index is 1530. The highest BCUT2D eigenvalue weighted by molar-refractivity contribution is 5.97. The molecule has 3 heterocycles. The topological polar surface area (TPSA) is 265 Å². The van der Waals surface area contributed by atoms with Gasteiger partial charge in [0.15, 0.2) is 11.5 Å². The van der Waals surface area contributed by atoms with Crippen LogP contribution in [-0.4, -0.2) is 146 Å². The van der Waals surface area contributed by atoms with Gasteiger partial charge in [-0.15, -0.1) is 0 Å². The zero-order valence-electron chi connectivity index (χ0n) is 29.0. The first kappa shape index (κ1) is 37.7. The number of hydrogen-bond donors (Lipinski definition) is 7. The molecule has 2 saturated carbocycles. The molecule has 6 aliphatic rings. The van der Waals surface area contributed by atoms with Crippen molar-refractivity contribution in [3.8, 4) is 0 Å². The fourth-order valence-corrected chi connectivity index (χ4v) is 9.69. The smallest absolute Gasteiger partial charge is 0.348 e. The minimum Gasteiger partial charge on any atom is -0.467 e. The van der Waals surface area contributed by atoms with Crippen LogP contribution in [0.5, 0.6) is 0 Å². The predicted molar refractivity (Wildman–Crippen MR) is 165 cm³/mol.